The molecule has 2 atom stereocenters. The summed E-state index contributed by atoms with van der Waals surface area (Å²) in [5.74, 6) is -0.590. The van der Waals surface area contributed by atoms with Crippen molar-refractivity contribution in [3.05, 3.63) is 0 Å². The van der Waals surface area contributed by atoms with Gasteiger partial charge in [0.15, 0.2) is 0 Å². The molecule has 8 heteroatoms. The van der Waals surface area contributed by atoms with E-state index in [4.69, 9.17) is 5.11 Å². The molecule has 0 aromatic rings. The van der Waals surface area contributed by atoms with Crippen molar-refractivity contribution < 1.29 is 19.5 Å². The van der Waals surface area contributed by atoms with Crippen LogP contribution in [0.4, 0.5) is 0 Å². The molecule has 2 aliphatic rings. The van der Waals surface area contributed by atoms with Gasteiger partial charge in [-0.1, -0.05) is 0 Å². The molecule has 17 heavy (non-hydrogen) atoms. The van der Waals surface area contributed by atoms with E-state index in [0.29, 0.717) is 11.6 Å². The largest absolute Gasteiger partial charge is 0.480 e. The van der Waals surface area contributed by atoms with Crippen molar-refractivity contribution in [1.82, 2.24) is 15.5 Å². The number of hydrogen-bond donors (Lipinski definition) is 3. The number of rotatable bonds is 2. The molecule has 2 aliphatic heterocycles. The van der Waals surface area contributed by atoms with E-state index in [1.807, 2.05) is 0 Å². The summed E-state index contributed by atoms with van der Waals surface area (Å²) < 4.78 is 0. The third-order valence-corrected chi connectivity index (χ3v) is 3.77. The topological polar surface area (TPSA) is 98.7 Å². The lowest BCUT2D eigenvalue weighted by atomic mass is 10.2. The number of carboxylic acids is 1. The smallest absolute Gasteiger partial charge is 0.327 e. The Bertz CT molecular complexity index is 352. The Hall–Kier alpha value is -1.28. The van der Waals surface area contributed by atoms with Crippen molar-refractivity contribution >= 4 is 29.5 Å². The predicted molar refractivity (Wildman–Crippen MR) is 60.4 cm³/mol. The average Bonchev–Trinajstić information content (AvgIpc) is 2.78. The Balaban J connectivity index is 1.99. The summed E-state index contributed by atoms with van der Waals surface area (Å²) >= 11 is 1.42. The van der Waals surface area contributed by atoms with Gasteiger partial charge in [0.05, 0.1) is 12.4 Å². The summed E-state index contributed by atoms with van der Waals surface area (Å²) in [5.41, 5.74) is 0. The second-order valence-corrected chi connectivity index (χ2v) is 4.90. The van der Waals surface area contributed by atoms with E-state index in [-0.39, 0.29) is 24.9 Å². The van der Waals surface area contributed by atoms with Gasteiger partial charge in [0.1, 0.15) is 12.1 Å². The molecule has 0 spiro atoms. The number of hydrogen-bond acceptors (Lipinski definition) is 5. The Morgan fingerprint density at radius 2 is 2.24 bits per heavy atom. The van der Waals surface area contributed by atoms with Crippen LogP contribution >= 0.6 is 11.8 Å². The second kappa shape index (κ2) is 4.92. The zero-order chi connectivity index (χ0) is 12.4. The highest BCUT2D eigenvalue weighted by atomic mass is 32.2. The molecule has 2 saturated heterocycles. The van der Waals surface area contributed by atoms with Crippen LogP contribution in [-0.4, -0.2) is 64.6 Å². The first-order chi connectivity index (χ1) is 8.09. The molecule has 0 aliphatic carbocycles. The Morgan fingerprint density at radius 1 is 1.47 bits per heavy atom. The van der Waals surface area contributed by atoms with Crippen LogP contribution in [0, 0.1) is 0 Å². The van der Waals surface area contributed by atoms with Gasteiger partial charge >= 0.3 is 5.97 Å². The summed E-state index contributed by atoms with van der Waals surface area (Å²) in [6.45, 7) is 0.306. The van der Waals surface area contributed by atoms with E-state index in [9.17, 15) is 14.4 Å². The quantitative estimate of drug-likeness (QED) is 0.534. The van der Waals surface area contributed by atoms with Gasteiger partial charge in [-0.15, -0.1) is 11.8 Å². The predicted octanol–water partition coefficient (Wildman–Crippen LogP) is -1.94. The van der Waals surface area contributed by atoms with Gasteiger partial charge in [0, 0.05) is 12.3 Å². The summed E-state index contributed by atoms with van der Waals surface area (Å²) in [6.07, 6.45) is 0. The van der Waals surface area contributed by atoms with Gasteiger partial charge in [-0.2, -0.15) is 0 Å². The molecule has 1 unspecified atom stereocenters. The van der Waals surface area contributed by atoms with Gasteiger partial charge in [0.2, 0.25) is 11.8 Å². The number of nitrogens with one attached hydrogen (secondary N) is 2. The molecular formula is C9H13N3O4S. The van der Waals surface area contributed by atoms with E-state index in [1.165, 1.54) is 16.7 Å². The highest BCUT2D eigenvalue weighted by molar-refractivity contribution is 7.99. The van der Waals surface area contributed by atoms with E-state index >= 15 is 0 Å². The number of nitrogens with zero attached hydrogens (tertiary/aromatic N) is 1. The summed E-state index contributed by atoms with van der Waals surface area (Å²) in [6, 6.07) is -1.28. The first-order valence-electron chi connectivity index (χ1n) is 5.20. The van der Waals surface area contributed by atoms with Crippen LogP contribution in [0.5, 0.6) is 0 Å². The van der Waals surface area contributed by atoms with Gasteiger partial charge in [-0.3, -0.25) is 14.9 Å². The fraction of sp³-hybridized carbons (Fsp3) is 0.667. The van der Waals surface area contributed by atoms with Crippen molar-refractivity contribution in [1.29, 1.82) is 0 Å². The van der Waals surface area contributed by atoms with Gasteiger partial charge in [-0.05, 0) is 0 Å². The third-order valence-electron chi connectivity index (χ3n) is 2.76. The first kappa shape index (κ1) is 12.2. The van der Waals surface area contributed by atoms with E-state index in [0.717, 1.165) is 0 Å². The molecule has 2 amide bonds. The minimum Gasteiger partial charge on any atom is -0.480 e. The summed E-state index contributed by atoms with van der Waals surface area (Å²) in [4.78, 5) is 35.3. The molecule has 0 aromatic heterocycles. The summed E-state index contributed by atoms with van der Waals surface area (Å²) in [7, 11) is 0. The van der Waals surface area contributed by atoms with Crippen LogP contribution < -0.4 is 10.6 Å². The molecule has 0 bridgehead atoms. The molecule has 3 N–H and O–H groups in total. The van der Waals surface area contributed by atoms with Crippen LogP contribution in [0.15, 0.2) is 0 Å². The highest BCUT2D eigenvalue weighted by Crippen LogP contribution is 2.21. The lowest BCUT2D eigenvalue weighted by Crippen LogP contribution is -2.60. The molecule has 2 fully saturated rings. The Morgan fingerprint density at radius 3 is 2.82 bits per heavy atom. The number of carbonyl (C=O) groups is 3. The third kappa shape index (κ3) is 2.52. The number of aliphatic carboxylic acids is 1. The number of carboxylic acid groups (broad SMARTS) is 1. The van der Waals surface area contributed by atoms with Crippen molar-refractivity contribution in [2.24, 2.45) is 0 Å². The molecule has 2 rings (SSSR count). The minimum absolute atomic E-state index is 0.0924. The molecule has 0 saturated carbocycles. The maximum atomic E-state index is 12.1. The van der Waals surface area contributed by atoms with Gasteiger partial charge in [-0.25, -0.2) is 4.79 Å². The van der Waals surface area contributed by atoms with Crippen molar-refractivity contribution in [2.75, 3.05) is 24.7 Å². The zero-order valence-electron chi connectivity index (χ0n) is 9.01. The fourth-order valence-corrected chi connectivity index (χ4v) is 2.96. The highest BCUT2D eigenvalue weighted by Gasteiger charge is 2.38. The molecule has 7 nitrogen and oxygen atoms in total. The first-order valence-corrected chi connectivity index (χ1v) is 6.36. The number of piperazine rings is 1. The maximum absolute atomic E-state index is 12.1. The van der Waals surface area contributed by atoms with E-state index in [1.54, 1.807) is 0 Å². The number of thioether (sulfide) groups is 1. The van der Waals surface area contributed by atoms with E-state index < -0.39 is 18.1 Å². The lowest BCUT2D eigenvalue weighted by Gasteiger charge is -2.29. The Kier molecular flexibility index (Phi) is 3.53. The van der Waals surface area contributed by atoms with Crippen LogP contribution in [0.25, 0.3) is 0 Å². The second-order valence-electron chi connectivity index (χ2n) is 3.90. The van der Waals surface area contributed by atoms with Crippen LogP contribution in [0.1, 0.15) is 0 Å². The molecule has 0 aromatic carbocycles. The normalized spacial score (nSPS) is 28.9. The van der Waals surface area contributed by atoms with Crippen molar-refractivity contribution in [3.8, 4) is 0 Å². The maximum Gasteiger partial charge on any atom is 0.327 e. The lowest BCUT2D eigenvalue weighted by molar-refractivity contribution is -0.149. The van der Waals surface area contributed by atoms with Gasteiger partial charge < -0.3 is 15.3 Å². The van der Waals surface area contributed by atoms with Crippen LogP contribution in [0.2, 0.25) is 0 Å². The molecule has 0 radical (unpaired) electrons. The zero-order valence-corrected chi connectivity index (χ0v) is 9.83. The number of amides is 2. The van der Waals surface area contributed by atoms with Crippen molar-refractivity contribution in [2.45, 2.75) is 12.1 Å². The van der Waals surface area contributed by atoms with Crippen LogP contribution in [-0.2, 0) is 14.4 Å². The monoisotopic (exact) mass is 259 g/mol. The van der Waals surface area contributed by atoms with E-state index in [2.05, 4.69) is 10.6 Å². The van der Waals surface area contributed by atoms with Crippen LogP contribution in [0.3, 0.4) is 0 Å². The summed E-state index contributed by atoms with van der Waals surface area (Å²) in [5, 5.41) is 14.4. The molecule has 2 heterocycles. The molecular weight excluding hydrogens is 246 g/mol. The number of carbonyl (C=O) groups excluding carboxylic acids is 2. The average molecular weight is 259 g/mol. The minimum atomic E-state index is -0.983. The van der Waals surface area contributed by atoms with Crippen molar-refractivity contribution in [3.63, 3.8) is 0 Å². The Labute approximate surface area is 102 Å². The SMILES string of the molecule is O=C1CNC(C(=O)N2CSC[C@H]2C(=O)O)CN1. The standard InChI is InChI=1S/C9H13N3O4S/c13-7-2-10-5(1-11-7)8(14)12-4-17-3-6(12)9(15)16/h5-6,10H,1-4H2,(H,11,13)(H,15,16)/t5?,6-/m0/s1. The van der Waals surface area contributed by atoms with Gasteiger partial charge in [0.25, 0.3) is 0 Å². The fourth-order valence-electron chi connectivity index (χ4n) is 1.81. The molecule has 94 valence electrons.